The summed E-state index contributed by atoms with van der Waals surface area (Å²) in [5.41, 5.74) is 7.69. The van der Waals surface area contributed by atoms with Crippen molar-refractivity contribution >= 4 is 22.6 Å². The number of rotatable bonds is 8. The minimum absolute atomic E-state index is 0.0674. The Morgan fingerprint density at radius 1 is 1.10 bits per heavy atom. The first-order valence-corrected chi connectivity index (χ1v) is 9.81. The normalized spacial score (nSPS) is 11.1. The van der Waals surface area contributed by atoms with Crippen LogP contribution in [0.1, 0.15) is 11.5 Å². The number of aromatic amines is 1. The van der Waals surface area contributed by atoms with Crippen LogP contribution < -0.4 is 21.9 Å². The number of nitrogens with two attached hydrogens (primary N) is 1. The highest BCUT2D eigenvalue weighted by Crippen LogP contribution is 2.23. The molecule has 31 heavy (non-hydrogen) atoms. The SMILES string of the molecule is COCCn1c(N)c(N(Cc2ccccc2)Cc2nc3ccccc3o2)c(=O)[nH]c1=O. The lowest BCUT2D eigenvalue weighted by atomic mass is 10.2. The van der Waals surface area contributed by atoms with Gasteiger partial charge in [-0.25, -0.2) is 9.78 Å². The molecule has 0 saturated carbocycles. The predicted octanol–water partition coefficient (Wildman–Crippen LogP) is 2.11. The summed E-state index contributed by atoms with van der Waals surface area (Å²) in [5, 5.41) is 0. The van der Waals surface area contributed by atoms with Crippen molar-refractivity contribution in [3.05, 3.63) is 86.9 Å². The smallest absolute Gasteiger partial charge is 0.330 e. The van der Waals surface area contributed by atoms with Gasteiger partial charge in [0.15, 0.2) is 5.58 Å². The molecule has 160 valence electrons. The van der Waals surface area contributed by atoms with Gasteiger partial charge in [-0.2, -0.15) is 0 Å². The molecule has 0 atom stereocenters. The molecule has 9 heteroatoms. The number of nitrogens with one attached hydrogen (secondary N) is 1. The average molecular weight is 421 g/mol. The molecule has 0 aliphatic rings. The zero-order valence-corrected chi connectivity index (χ0v) is 17.1. The van der Waals surface area contributed by atoms with Crippen LogP contribution in [-0.2, 0) is 24.4 Å². The Bertz CT molecular complexity index is 1260. The summed E-state index contributed by atoms with van der Waals surface area (Å²) in [7, 11) is 1.53. The summed E-state index contributed by atoms with van der Waals surface area (Å²) in [6.07, 6.45) is 0. The van der Waals surface area contributed by atoms with Gasteiger partial charge in [-0.3, -0.25) is 14.3 Å². The van der Waals surface area contributed by atoms with Crippen LogP contribution in [0.25, 0.3) is 11.1 Å². The number of hydrogen-bond acceptors (Lipinski definition) is 7. The highest BCUT2D eigenvalue weighted by atomic mass is 16.5. The molecule has 3 N–H and O–H groups in total. The molecule has 0 aliphatic carbocycles. The number of H-pyrrole nitrogens is 1. The second-order valence-electron chi connectivity index (χ2n) is 7.05. The Balaban J connectivity index is 1.78. The molecule has 0 fully saturated rings. The van der Waals surface area contributed by atoms with Gasteiger partial charge in [0.1, 0.15) is 17.0 Å². The van der Waals surface area contributed by atoms with E-state index in [0.717, 1.165) is 11.1 Å². The minimum Gasteiger partial charge on any atom is -0.439 e. The van der Waals surface area contributed by atoms with E-state index in [1.54, 1.807) is 4.90 Å². The first-order chi connectivity index (χ1) is 15.1. The van der Waals surface area contributed by atoms with Gasteiger partial charge in [-0.05, 0) is 17.7 Å². The lowest BCUT2D eigenvalue weighted by Gasteiger charge is -2.25. The standard InChI is InChI=1S/C22H23N5O4/c1-30-12-11-27-20(23)19(21(28)25-22(27)29)26(13-15-7-3-2-4-8-15)14-18-24-16-9-5-6-10-17(16)31-18/h2-10H,11-14,23H2,1H3,(H,25,28,29). The molecule has 0 spiro atoms. The van der Waals surface area contributed by atoms with Crippen LogP contribution in [0.2, 0.25) is 0 Å². The van der Waals surface area contributed by atoms with Crippen molar-refractivity contribution in [2.24, 2.45) is 0 Å². The maximum atomic E-state index is 12.8. The molecule has 4 aromatic rings. The Kier molecular flexibility index (Phi) is 5.85. The Morgan fingerprint density at radius 2 is 1.84 bits per heavy atom. The number of hydrogen-bond donors (Lipinski definition) is 2. The highest BCUT2D eigenvalue weighted by Gasteiger charge is 2.21. The third-order valence-electron chi connectivity index (χ3n) is 4.93. The molecule has 0 aliphatic heterocycles. The van der Waals surface area contributed by atoms with Gasteiger partial charge < -0.3 is 19.8 Å². The monoisotopic (exact) mass is 421 g/mol. The van der Waals surface area contributed by atoms with E-state index in [1.165, 1.54) is 11.7 Å². The number of para-hydroxylation sites is 2. The van der Waals surface area contributed by atoms with E-state index in [2.05, 4.69) is 9.97 Å². The summed E-state index contributed by atoms with van der Waals surface area (Å²) in [6, 6.07) is 17.1. The van der Waals surface area contributed by atoms with Crippen molar-refractivity contribution in [2.75, 3.05) is 24.4 Å². The maximum absolute atomic E-state index is 12.8. The molecule has 0 bridgehead atoms. The van der Waals surface area contributed by atoms with E-state index in [1.807, 2.05) is 54.6 Å². The average Bonchev–Trinajstić information content (AvgIpc) is 3.16. The molecule has 9 nitrogen and oxygen atoms in total. The van der Waals surface area contributed by atoms with Gasteiger partial charge in [-0.1, -0.05) is 42.5 Å². The number of oxazole rings is 1. The molecule has 2 heterocycles. The zero-order chi connectivity index (χ0) is 21.8. The quantitative estimate of drug-likeness (QED) is 0.447. The van der Waals surface area contributed by atoms with Gasteiger partial charge in [-0.15, -0.1) is 0 Å². The second kappa shape index (κ2) is 8.88. The fraction of sp³-hybridized carbons (Fsp3) is 0.227. The fourth-order valence-electron chi connectivity index (χ4n) is 3.46. The Morgan fingerprint density at radius 3 is 2.58 bits per heavy atom. The van der Waals surface area contributed by atoms with Crippen molar-refractivity contribution in [3.8, 4) is 0 Å². The molecule has 0 radical (unpaired) electrons. The van der Waals surface area contributed by atoms with Crippen LogP contribution in [0.3, 0.4) is 0 Å². The first-order valence-electron chi connectivity index (χ1n) is 9.81. The van der Waals surface area contributed by atoms with Crippen LogP contribution in [0.5, 0.6) is 0 Å². The molecule has 2 aromatic heterocycles. The van der Waals surface area contributed by atoms with E-state index >= 15 is 0 Å². The lowest BCUT2D eigenvalue weighted by molar-refractivity contribution is 0.186. The number of ether oxygens (including phenoxy) is 1. The Hall–Kier alpha value is -3.85. The number of fused-ring (bicyclic) bond motifs is 1. The van der Waals surface area contributed by atoms with E-state index < -0.39 is 11.2 Å². The van der Waals surface area contributed by atoms with E-state index in [-0.39, 0.29) is 31.2 Å². The Labute approximate surface area is 177 Å². The third kappa shape index (κ3) is 4.36. The van der Waals surface area contributed by atoms with Gasteiger partial charge >= 0.3 is 5.69 Å². The highest BCUT2D eigenvalue weighted by molar-refractivity contribution is 5.72. The van der Waals surface area contributed by atoms with Crippen molar-refractivity contribution in [2.45, 2.75) is 19.6 Å². The third-order valence-corrected chi connectivity index (χ3v) is 4.93. The zero-order valence-electron chi connectivity index (χ0n) is 17.1. The lowest BCUT2D eigenvalue weighted by Crippen LogP contribution is -2.38. The van der Waals surface area contributed by atoms with Crippen molar-refractivity contribution in [3.63, 3.8) is 0 Å². The minimum atomic E-state index is -0.579. The molecule has 0 saturated heterocycles. The number of nitrogens with zero attached hydrogens (tertiary/aromatic N) is 3. The number of nitrogen functional groups attached to an aromatic ring is 1. The maximum Gasteiger partial charge on any atom is 0.330 e. The van der Waals surface area contributed by atoms with Crippen LogP contribution >= 0.6 is 0 Å². The largest absolute Gasteiger partial charge is 0.439 e. The van der Waals surface area contributed by atoms with Gasteiger partial charge in [0.2, 0.25) is 5.89 Å². The van der Waals surface area contributed by atoms with Crippen molar-refractivity contribution < 1.29 is 9.15 Å². The molecule has 0 amide bonds. The van der Waals surface area contributed by atoms with Crippen LogP contribution in [0.4, 0.5) is 11.5 Å². The number of benzene rings is 2. The predicted molar refractivity (Wildman–Crippen MR) is 118 cm³/mol. The molecular formula is C22H23N5O4. The second-order valence-corrected chi connectivity index (χ2v) is 7.05. The summed E-state index contributed by atoms with van der Waals surface area (Å²) in [5.74, 6) is 0.503. The van der Waals surface area contributed by atoms with Crippen LogP contribution in [0.15, 0.2) is 68.6 Å². The topological polar surface area (TPSA) is 119 Å². The molecule has 4 rings (SSSR count). The number of anilines is 2. The first kappa shape index (κ1) is 20.4. The summed E-state index contributed by atoms with van der Waals surface area (Å²) in [4.78, 5) is 33.7. The van der Waals surface area contributed by atoms with Gasteiger partial charge in [0.05, 0.1) is 19.7 Å². The summed E-state index contributed by atoms with van der Waals surface area (Å²) >= 11 is 0. The van der Waals surface area contributed by atoms with Crippen molar-refractivity contribution in [1.29, 1.82) is 0 Å². The van der Waals surface area contributed by atoms with E-state index in [9.17, 15) is 9.59 Å². The van der Waals surface area contributed by atoms with E-state index in [4.69, 9.17) is 14.9 Å². The molecule has 0 unspecified atom stereocenters. The van der Waals surface area contributed by atoms with Crippen molar-refractivity contribution in [1.82, 2.24) is 14.5 Å². The van der Waals surface area contributed by atoms with Crippen LogP contribution in [-0.4, -0.2) is 28.3 Å². The van der Waals surface area contributed by atoms with E-state index in [0.29, 0.717) is 18.0 Å². The van der Waals surface area contributed by atoms with Gasteiger partial charge in [0, 0.05) is 13.7 Å². The number of aromatic nitrogens is 3. The summed E-state index contributed by atoms with van der Waals surface area (Å²) < 4.78 is 12.2. The molecule has 2 aromatic carbocycles. The van der Waals surface area contributed by atoms with Gasteiger partial charge in [0.25, 0.3) is 5.56 Å². The molecular weight excluding hydrogens is 398 g/mol. The van der Waals surface area contributed by atoms with Crippen LogP contribution in [0, 0.1) is 0 Å². The fourth-order valence-corrected chi connectivity index (χ4v) is 3.46. The number of methoxy groups -OCH3 is 1. The summed E-state index contributed by atoms with van der Waals surface area (Å²) in [6.45, 7) is 1.06.